The Morgan fingerprint density at radius 3 is 2.75 bits per heavy atom. The molecule has 1 atom stereocenters. The Bertz CT molecular complexity index is 278. The van der Waals surface area contributed by atoms with Gasteiger partial charge in [0.05, 0.1) is 6.54 Å². The summed E-state index contributed by atoms with van der Waals surface area (Å²) in [5.74, 6) is 2.17. The molecule has 0 aliphatic rings. The second-order valence-electron chi connectivity index (χ2n) is 2.83. The van der Waals surface area contributed by atoms with Gasteiger partial charge in [0.2, 0.25) is 0 Å². The first-order valence-corrected chi connectivity index (χ1v) is 5.74. The van der Waals surface area contributed by atoms with E-state index >= 15 is 0 Å². The van der Waals surface area contributed by atoms with Gasteiger partial charge in [-0.25, -0.2) is 4.79 Å². The number of carbonyl (C=O) groups is 2. The lowest BCUT2D eigenvalue weighted by Crippen LogP contribution is -2.37. The van der Waals surface area contributed by atoms with Gasteiger partial charge in [-0.1, -0.05) is 5.92 Å². The van der Waals surface area contributed by atoms with Crippen molar-refractivity contribution in [1.29, 1.82) is 0 Å². The monoisotopic (exact) mass is 245 g/mol. The fraction of sp³-hybridized carbons (Fsp3) is 0.556. The molecule has 0 saturated carbocycles. The number of hydrogen-bond acceptors (Lipinski definition) is 4. The zero-order chi connectivity index (χ0) is 12.4. The molecule has 0 unspecified atom stereocenters. The normalized spacial score (nSPS) is 11.2. The minimum absolute atomic E-state index is 0.183. The van der Waals surface area contributed by atoms with Crippen molar-refractivity contribution in [3.8, 4) is 12.3 Å². The second kappa shape index (κ2) is 8.88. The average molecular weight is 245 g/mol. The summed E-state index contributed by atoms with van der Waals surface area (Å²) in [7, 11) is 0. The van der Waals surface area contributed by atoms with Crippen LogP contribution < -0.4 is 16.4 Å². The van der Waals surface area contributed by atoms with Gasteiger partial charge in [0.25, 0.3) is 0 Å². The molecule has 0 aromatic rings. The Hall–Kier alpha value is -1.39. The highest BCUT2D eigenvalue weighted by Crippen LogP contribution is 2.00. The Labute approximate surface area is 98.3 Å². The Morgan fingerprint density at radius 1 is 1.50 bits per heavy atom. The number of terminal acetylenes is 1. The van der Waals surface area contributed by atoms with E-state index in [0.717, 1.165) is 0 Å². The first-order chi connectivity index (χ1) is 7.57. The zero-order valence-corrected chi connectivity index (χ0v) is 9.55. The summed E-state index contributed by atoms with van der Waals surface area (Å²) >= 11 is 1.37. The third-order valence-electron chi connectivity index (χ3n) is 1.50. The second-order valence-corrected chi connectivity index (χ2v) is 3.98. The summed E-state index contributed by atoms with van der Waals surface area (Å²) in [6, 6.07) is -1.19. The van der Waals surface area contributed by atoms with Crippen LogP contribution in [-0.2, 0) is 4.79 Å². The lowest BCUT2D eigenvalue weighted by atomic mass is 10.4. The van der Waals surface area contributed by atoms with Crippen molar-refractivity contribution < 1.29 is 14.7 Å². The number of nitrogens with two attached hydrogens (primary N) is 1. The number of thioether (sulfide) groups is 1. The van der Waals surface area contributed by atoms with Crippen LogP contribution in [0.3, 0.4) is 0 Å². The van der Waals surface area contributed by atoms with Crippen molar-refractivity contribution in [2.45, 2.75) is 6.04 Å². The van der Waals surface area contributed by atoms with E-state index in [0.29, 0.717) is 18.1 Å². The van der Waals surface area contributed by atoms with Crippen molar-refractivity contribution in [3.63, 3.8) is 0 Å². The molecular formula is C9H15N3O3S. The smallest absolute Gasteiger partial charge is 0.321 e. The fourth-order valence-corrected chi connectivity index (χ4v) is 1.52. The summed E-state index contributed by atoms with van der Waals surface area (Å²) in [6.45, 7) is 0.621. The van der Waals surface area contributed by atoms with Crippen LogP contribution in [-0.4, -0.2) is 47.7 Å². The maximum atomic E-state index is 11.0. The predicted octanol–water partition coefficient (Wildman–Crippen LogP) is -0.936. The third kappa shape index (κ3) is 7.96. The van der Waals surface area contributed by atoms with E-state index in [1.807, 2.05) is 0 Å². The van der Waals surface area contributed by atoms with Gasteiger partial charge >= 0.3 is 12.0 Å². The summed E-state index contributed by atoms with van der Waals surface area (Å²) in [5, 5.41) is 13.5. The molecule has 0 bridgehead atoms. The number of carboxylic acid groups (broad SMARTS) is 1. The number of carbonyl (C=O) groups excluding carboxylic acids is 1. The van der Waals surface area contributed by atoms with Gasteiger partial charge in [0, 0.05) is 18.1 Å². The Balaban J connectivity index is 3.37. The Morgan fingerprint density at radius 2 is 2.19 bits per heavy atom. The molecule has 0 fully saturated rings. The molecule has 2 amide bonds. The van der Waals surface area contributed by atoms with Crippen molar-refractivity contribution in [3.05, 3.63) is 0 Å². The zero-order valence-electron chi connectivity index (χ0n) is 8.73. The van der Waals surface area contributed by atoms with Crippen LogP contribution in [0.15, 0.2) is 0 Å². The molecule has 0 rings (SSSR count). The predicted molar refractivity (Wildman–Crippen MR) is 63.2 cm³/mol. The quantitative estimate of drug-likeness (QED) is 0.342. The van der Waals surface area contributed by atoms with Gasteiger partial charge in [0.1, 0.15) is 6.04 Å². The number of carboxylic acids is 1. The van der Waals surface area contributed by atoms with Gasteiger partial charge in [0.15, 0.2) is 0 Å². The summed E-state index contributed by atoms with van der Waals surface area (Å²) < 4.78 is 0. The SMILES string of the molecule is C#CCNC(=O)NCCSC[C@@H](N)C(=O)O. The summed E-state index contributed by atoms with van der Waals surface area (Å²) in [4.78, 5) is 21.3. The molecule has 0 aromatic heterocycles. The lowest BCUT2D eigenvalue weighted by molar-refractivity contribution is -0.137. The lowest BCUT2D eigenvalue weighted by Gasteiger charge is -2.07. The molecule has 0 aromatic carbocycles. The third-order valence-corrected chi connectivity index (χ3v) is 2.59. The number of hydrogen-bond donors (Lipinski definition) is 4. The molecule has 0 heterocycles. The van der Waals surface area contributed by atoms with Crippen LogP contribution in [0.1, 0.15) is 0 Å². The molecule has 0 aliphatic heterocycles. The molecule has 7 heteroatoms. The number of rotatable bonds is 7. The minimum Gasteiger partial charge on any atom is -0.480 e. The largest absolute Gasteiger partial charge is 0.480 e. The highest BCUT2D eigenvalue weighted by atomic mass is 32.2. The van der Waals surface area contributed by atoms with Crippen molar-refractivity contribution >= 4 is 23.8 Å². The van der Waals surface area contributed by atoms with E-state index in [-0.39, 0.29) is 12.6 Å². The van der Waals surface area contributed by atoms with E-state index in [1.54, 1.807) is 0 Å². The standard InChI is InChI=1S/C9H15N3O3S/c1-2-3-11-9(15)12-4-5-16-6-7(10)8(13)14/h1,7H,3-6,10H2,(H,13,14)(H2,11,12,15)/t7-/m1/s1. The summed E-state index contributed by atoms with van der Waals surface area (Å²) in [6.07, 6.45) is 4.95. The average Bonchev–Trinajstić information content (AvgIpc) is 2.25. The topological polar surface area (TPSA) is 104 Å². The molecule has 0 saturated heterocycles. The molecule has 0 radical (unpaired) electrons. The van der Waals surface area contributed by atoms with Gasteiger partial charge in [-0.05, 0) is 0 Å². The first kappa shape index (κ1) is 14.6. The first-order valence-electron chi connectivity index (χ1n) is 4.59. The number of amides is 2. The van der Waals surface area contributed by atoms with Gasteiger partial charge in [-0.2, -0.15) is 11.8 Å². The van der Waals surface area contributed by atoms with Gasteiger partial charge < -0.3 is 21.5 Å². The summed E-state index contributed by atoms with van der Waals surface area (Å²) in [5.41, 5.74) is 5.28. The van der Waals surface area contributed by atoms with Crippen molar-refractivity contribution in [2.75, 3.05) is 24.6 Å². The van der Waals surface area contributed by atoms with Crippen LogP contribution in [0.25, 0.3) is 0 Å². The van der Waals surface area contributed by atoms with Gasteiger partial charge in [-0.3, -0.25) is 4.79 Å². The van der Waals surface area contributed by atoms with Crippen LogP contribution in [0.4, 0.5) is 4.79 Å². The Kier molecular flexibility index (Phi) is 8.11. The fourth-order valence-electron chi connectivity index (χ4n) is 0.712. The number of urea groups is 1. The van der Waals surface area contributed by atoms with Crippen molar-refractivity contribution in [1.82, 2.24) is 10.6 Å². The van der Waals surface area contributed by atoms with E-state index in [9.17, 15) is 9.59 Å². The maximum Gasteiger partial charge on any atom is 0.321 e. The van der Waals surface area contributed by atoms with Crippen LogP contribution >= 0.6 is 11.8 Å². The van der Waals surface area contributed by atoms with Crippen LogP contribution in [0.5, 0.6) is 0 Å². The van der Waals surface area contributed by atoms with E-state index in [4.69, 9.17) is 17.3 Å². The minimum atomic E-state index is -1.02. The van der Waals surface area contributed by atoms with Crippen LogP contribution in [0.2, 0.25) is 0 Å². The van der Waals surface area contributed by atoms with Gasteiger partial charge in [-0.15, -0.1) is 6.42 Å². The molecule has 6 nitrogen and oxygen atoms in total. The molecular weight excluding hydrogens is 230 g/mol. The molecule has 5 N–H and O–H groups in total. The van der Waals surface area contributed by atoms with E-state index in [2.05, 4.69) is 16.6 Å². The van der Waals surface area contributed by atoms with Crippen LogP contribution in [0, 0.1) is 12.3 Å². The molecule has 16 heavy (non-hydrogen) atoms. The highest BCUT2D eigenvalue weighted by molar-refractivity contribution is 7.99. The number of aliphatic carboxylic acids is 1. The number of nitrogens with one attached hydrogen (secondary N) is 2. The van der Waals surface area contributed by atoms with E-state index in [1.165, 1.54) is 11.8 Å². The molecule has 90 valence electrons. The van der Waals surface area contributed by atoms with E-state index < -0.39 is 12.0 Å². The molecule has 0 aliphatic carbocycles. The highest BCUT2D eigenvalue weighted by Gasteiger charge is 2.10. The molecule has 0 spiro atoms. The van der Waals surface area contributed by atoms with Crippen molar-refractivity contribution in [2.24, 2.45) is 5.73 Å². The maximum absolute atomic E-state index is 11.0.